The van der Waals surface area contributed by atoms with Crippen molar-refractivity contribution in [2.24, 2.45) is 0 Å². The van der Waals surface area contributed by atoms with Crippen LogP contribution in [0.2, 0.25) is 0 Å². The number of nitrogens with zero attached hydrogens (tertiary/aromatic N) is 5. The Hall–Kier alpha value is -4.09. The minimum atomic E-state index is -0.588. The molecule has 1 aliphatic heterocycles. The van der Waals surface area contributed by atoms with E-state index in [-0.39, 0.29) is 11.1 Å². The lowest BCUT2D eigenvalue weighted by atomic mass is 9.88. The van der Waals surface area contributed by atoms with E-state index in [1.54, 1.807) is 22.8 Å². The third-order valence-corrected chi connectivity index (χ3v) is 6.54. The highest BCUT2D eigenvalue weighted by Crippen LogP contribution is 2.33. The molecule has 10 nitrogen and oxygen atoms in total. The van der Waals surface area contributed by atoms with Crippen molar-refractivity contribution in [1.82, 2.24) is 24.5 Å². The van der Waals surface area contributed by atoms with Gasteiger partial charge in [-0.25, -0.2) is 23.7 Å². The van der Waals surface area contributed by atoms with E-state index in [9.17, 15) is 4.79 Å². The lowest BCUT2D eigenvalue weighted by molar-refractivity contribution is 0.0334. The highest BCUT2D eigenvalue weighted by Gasteiger charge is 2.20. The summed E-state index contributed by atoms with van der Waals surface area (Å²) in [6.07, 6.45) is 3.05. The number of carbonyl (C=O) groups excluding carboxylic acids is 1. The average molecular weight is 519 g/mol. The molecule has 0 unspecified atom stereocenters. The molecule has 0 aliphatic carbocycles. The molecule has 1 aliphatic rings. The van der Waals surface area contributed by atoms with Crippen LogP contribution >= 0.6 is 0 Å². The van der Waals surface area contributed by atoms with Crippen molar-refractivity contribution < 1.29 is 13.9 Å². The van der Waals surface area contributed by atoms with Gasteiger partial charge in [-0.05, 0) is 46.9 Å². The SMILES string of the molecule is CC(C)(C)c1ccnc(NC(=O)Nc2ccc(-c3cc(CN4CCOCC4)n4ncnc(N)c34)cc2F)c1. The molecule has 1 saturated heterocycles. The number of carbonyl (C=O) groups is 1. The highest BCUT2D eigenvalue weighted by molar-refractivity contribution is 5.99. The first-order chi connectivity index (χ1) is 18.2. The largest absolute Gasteiger partial charge is 0.382 e. The topological polar surface area (TPSA) is 123 Å². The second-order valence-electron chi connectivity index (χ2n) is 10.3. The van der Waals surface area contributed by atoms with Crippen molar-refractivity contribution in [3.63, 3.8) is 0 Å². The van der Waals surface area contributed by atoms with Gasteiger partial charge in [0.05, 0.1) is 24.6 Å². The number of anilines is 3. The normalized spacial score (nSPS) is 14.5. The van der Waals surface area contributed by atoms with E-state index in [1.807, 2.05) is 12.1 Å². The second-order valence-corrected chi connectivity index (χ2v) is 10.3. The molecule has 5 rings (SSSR count). The Balaban J connectivity index is 1.37. The molecular formula is C27H31FN8O2. The molecule has 0 bridgehead atoms. The van der Waals surface area contributed by atoms with Gasteiger partial charge in [0.25, 0.3) is 0 Å². The van der Waals surface area contributed by atoms with Gasteiger partial charge in [0.2, 0.25) is 0 Å². The maximum Gasteiger partial charge on any atom is 0.324 e. The van der Waals surface area contributed by atoms with Gasteiger partial charge in [0.1, 0.15) is 23.5 Å². The van der Waals surface area contributed by atoms with Crippen molar-refractivity contribution in [3.05, 3.63) is 66.0 Å². The Kier molecular flexibility index (Phi) is 6.96. The van der Waals surface area contributed by atoms with Crippen LogP contribution in [0.3, 0.4) is 0 Å². The lowest BCUT2D eigenvalue weighted by Crippen LogP contribution is -2.36. The van der Waals surface area contributed by atoms with Gasteiger partial charge in [-0.3, -0.25) is 10.2 Å². The van der Waals surface area contributed by atoms with Crippen LogP contribution in [0.1, 0.15) is 32.0 Å². The monoisotopic (exact) mass is 518 g/mol. The lowest BCUT2D eigenvalue weighted by Gasteiger charge is -2.26. The van der Waals surface area contributed by atoms with Gasteiger partial charge in [0, 0.05) is 31.4 Å². The van der Waals surface area contributed by atoms with Crippen LogP contribution in [0.4, 0.5) is 26.5 Å². The Morgan fingerprint density at radius 3 is 2.63 bits per heavy atom. The van der Waals surface area contributed by atoms with Crippen LogP contribution < -0.4 is 16.4 Å². The molecule has 4 N–H and O–H groups in total. The number of nitrogens with two attached hydrogens (primary N) is 1. The Bertz CT molecular complexity index is 1470. The second kappa shape index (κ2) is 10.3. The van der Waals surface area contributed by atoms with Crippen molar-refractivity contribution in [1.29, 1.82) is 0 Å². The third kappa shape index (κ3) is 5.43. The molecule has 1 aromatic carbocycles. The quantitative estimate of drug-likeness (QED) is 0.360. The fraction of sp³-hybridized carbons (Fsp3) is 0.333. The molecule has 4 heterocycles. The van der Waals surface area contributed by atoms with Crippen molar-refractivity contribution in [2.45, 2.75) is 32.7 Å². The molecule has 11 heteroatoms. The number of benzene rings is 1. The number of fused-ring (bicyclic) bond motifs is 1. The first-order valence-electron chi connectivity index (χ1n) is 12.4. The number of urea groups is 1. The number of aromatic nitrogens is 4. The first-order valence-corrected chi connectivity index (χ1v) is 12.4. The van der Waals surface area contributed by atoms with Crippen molar-refractivity contribution in [2.75, 3.05) is 42.7 Å². The summed E-state index contributed by atoms with van der Waals surface area (Å²) in [7, 11) is 0. The van der Waals surface area contributed by atoms with E-state index in [4.69, 9.17) is 10.5 Å². The van der Waals surface area contributed by atoms with E-state index in [0.29, 0.717) is 48.0 Å². The number of ether oxygens (including phenoxy) is 1. The van der Waals surface area contributed by atoms with E-state index in [1.165, 1.54) is 18.5 Å². The fourth-order valence-electron chi connectivity index (χ4n) is 4.47. The fourth-order valence-corrected chi connectivity index (χ4v) is 4.47. The van der Waals surface area contributed by atoms with Gasteiger partial charge < -0.3 is 15.8 Å². The zero-order valence-corrected chi connectivity index (χ0v) is 21.7. The summed E-state index contributed by atoms with van der Waals surface area (Å²) >= 11 is 0. The predicted octanol–water partition coefficient (Wildman–Crippen LogP) is 4.29. The van der Waals surface area contributed by atoms with Gasteiger partial charge in [-0.15, -0.1) is 0 Å². The summed E-state index contributed by atoms with van der Waals surface area (Å²) in [5.74, 6) is 0.101. The summed E-state index contributed by atoms with van der Waals surface area (Å²) in [6.45, 7) is 9.85. The maximum atomic E-state index is 15.2. The molecule has 1 fully saturated rings. The summed E-state index contributed by atoms with van der Waals surface area (Å²) in [5, 5.41) is 9.63. The standard InChI is InChI=1S/C27H31FN8O2/c1-27(2,3)18-6-7-30-23(13-18)34-26(37)33-22-5-4-17(12-21(22)28)20-14-19(15-35-8-10-38-11-9-35)36-24(20)25(29)31-16-32-36/h4-7,12-14,16H,8-11,15H2,1-3H3,(H2,29,31,32)(H2,30,33,34,37). The summed E-state index contributed by atoms with van der Waals surface area (Å²) < 4.78 is 22.4. The maximum absolute atomic E-state index is 15.2. The van der Waals surface area contributed by atoms with E-state index < -0.39 is 11.8 Å². The minimum absolute atomic E-state index is 0.0412. The molecule has 198 valence electrons. The van der Waals surface area contributed by atoms with Gasteiger partial charge >= 0.3 is 6.03 Å². The number of halogens is 1. The van der Waals surface area contributed by atoms with E-state index in [2.05, 4.69) is 51.4 Å². The number of nitrogens with one attached hydrogen (secondary N) is 2. The van der Waals surface area contributed by atoms with Gasteiger partial charge in [-0.1, -0.05) is 26.8 Å². The molecule has 38 heavy (non-hydrogen) atoms. The average Bonchev–Trinajstić information content (AvgIpc) is 3.25. The van der Waals surface area contributed by atoms with E-state index in [0.717, 1.165) is 24.3 Å². The number of hydrogen-bond donors (Lipinski definition) is 3. The molecule has 0 spiro atoms. The minimum Gasteiger partial charge on any atom is -0.382 e. The number of hydrogen-bond acceptors (Lipinski definition) is 7. The number of pyridine rings is 1. The molecular weight excluding hydrogens is 487 g/mol. The molecule has 4 aromatic rings. The summed E-state index contributed by atoms with van der Waals surface area (Å²) in [6, 6.07) is 9.70. The molecule has 3 aromatic heterocycles. The number of morpholine rings is 1. The number of nitrogen functional groups attached to an aromatic ring is 1. The molecule has 2 amide bonds. The zero-order valence-electron chi connectivity index (χ0n) is 21.7. The number of amides is 2. The number of rotatable bonds is 5. The first kappa shape index (κ1) is 25.6. The van der Waals surface area contributed by atoms with Crippen LogP contribution in [-0.2, 0) is 16.7 Å². The highest BCUT2D eigenvalue weighted by atomic mass is 19.1. The van der Waals surface area contributed by atoms with Gasteiger partial charge in [-0.2, -0.15) is 5.10 Å². The van der Waals surface area contributed by atoms with Crippen molar-refractivity contribution in [3.8, 4) is 11.1 Å². The molecule has 0 saturated carbocycles. The Labute approximate surface area is 220 Å². The molecule has 0 atom stereocenters. The third-order valence-electron chi connectivity index (χ3n) is 6.54. The smallest absolute Gasteiger partial charge is 0.324 e. The molecule has 0 radical (unpaired) electrons. The van der Waals surface area contributed by atoms with Crippen LogP contribution in [-0.4, -0.2) is 56.8 Å². The van der Waals surface area contributed by atoms with Crippen molar-refractivity contribution >= 4 is 28.9 Å². The summed E-state index contributed by atoms with van der Waals surface area (Å²) in [4.78, 5) is 23.2. The van der Waals surface area contributed by atoms with E-state index >= 15 is 4.39 Å². The Morgan fingerprint density at radius 1 is 1.11 bits per heavy atom. The van der Waals surface area contributed by atoms with Crippen LogP contribution in [0.25, 0.3) is 16.6 Å². The van der Waals surface area contributed by atoms with Crippen LogP contribution in [0.15, 0.2) is 48.9 Å². The predicted molar refractivity (Wildman–Crippen MR) is 144 cm³/mol. The zero-order chi connectivity index (χ0) is 26.9. The van der Waals surface area contributed by atoms with Crippen LogP contribution in [0.5, 0.6) is 0 Å². The van der Waals surface area contributed by atoms with Crippen LogP contribution in [0, 0.1) is 5.82 Å². The summed E-state index contributed by atoms with van der Waals surface area (Å²) in [5.41, 5.74) is 10.0. The Morgan fingerprint density at radius 2 is 1.89 bits per heavy atom. The van der Waals surface area contributed by atoms with Gasteiger partial charge in [0.15, 0.2) is 5.82 Å².